The zero-order chi connectivity index (χ0) is 18.0. The minimum absolute atomic E-state index is 0.291. The lowest BCUT2D eigenvalue weighted by molar-refractivity contribution is -0.161. The highest BCUT2D eigenvalue weighted by Crippen LogP contribution is 2.43. The minimum atomic E-state index is -0.932. The molecule has 6 heteroatoms. The third-order valence-electron chi connectivity index (χ3n) is 5.11. The van der Waals surface area contributed by atoms with E-state index < -0.39 is 5.60 Å². The molecule has 138 valence electrons. The van der Waals surface area contributed by atoms with Crippen LogP contribution in [0.25, 0.3) is 0 Å². The molecule has 0 bridgehead atoms. The third-order valence-corrected chi connectivity index (χ3v) is 5.11. The Morgan fingerprint density at radius 2 is 2.00 bits per heavy atom. The zero-order valence-corrected chi connectivity index (χ0v) is 15.6. The van der Waals surface area contributed by atoms with Crippen LogP contribution in [0.1, 0.15) is 25.8 Å². The van der Waals surface area contributed by atoms with Gasteiger partial charge in [0.15, 0.2) is 0 Å². The zero-order valence-electron chi connectivity index (χ0n) is 15.6. The van der Waals surface area contributed by atoms with Gasteiger partial charge in [-0.05, 0) is 33.4 Å². The predicted octanol–water partition coefficient (Wildman–Crippen LogP) is 2.09. The number of hydrogen-bond donors (Lipinski definition) is 0. The number of ether oxygens (including phenoxy) is 3. The number of esters is 1. The average Bonchev–Trinajstić information content (AvgIpc) is 2.62. The summed E-state index contributed by atoms with van der Waals surface area (Å²) in [6.07, 6.45) is 1.37. The Bertz CT molecular complexity index is 641. The van der Waals surface area contributed by atoms with Gasteiger partial charge in [0, 0.05) is 44.2 Å². The van der Waals surface area contributed by atoms with Crippen LogP contribution < -0.4 is 14.4 Å². The monoisotopic (exact) mass is 348 g/mol. The predicted molar refractivity (Wildman–Crippen MR) is 96.7 cm³/mol. The summed E-state index contributed by atoms with van der Waals surface area (Å²) in [5, 5.41) is 0. The van der Waals surface area contributed by atoms with Crippen LogP contribution in [0.15, 0.2) is 12.1 Å². The van der Waals surface area contributed by atoms with Crippen molar-refractivity contribution in [3.05, 3.63) is 17.7 Å². The minimum Gasteiger partial charge on any atom is -0.497 e. The fraction of sp³-hybridized carbons (Fsp3) is 0.632. The van der Waals surface area contributed by atoms with E-state index in [1.807, 2.05) is 26.0 Å². The topological polar surface area (TPSA) is 51.2 Å². The molecule has 2 heterocycles. The van der Waals surface area contributed by atoms with Gasteiger partial charge in [-0.25, -0.2) is 4.79 Å². The van der Waals surface area contributed by atoms with Gasteiger partial charge in [-0.15, -0.1) is 0 Å². The van der Waals surface area contributed by atoms with Crippen LogP contribution in [0.5, 0.6) is 11.5 Å². The van der Waals surface area contributed by atoms with Crippen molar-refractivity contribution < 1.29 is 19.0 Å². The molecule has 0 spiro atoms. The number of likely N-dealkylation sites (N-methyl/N-ethyl adjacent to an activating group) is 1. The molecular formula is C19H28N2O4. The lowest BCUT2D eigenvalue weighted by Crippen LogP contribution is -2.47. The molecule has 2 aliphatic rings. The molecule has 1 saturated heterocycles. The number of anilines is 1. The van der Waals surface area contributed by atoms with E-state index in [0.29, 0.717) is 13.0 Å². The number of piperazine rings is 1. The number of hydrogen-bond acceptors (Lipinski definition) is 6. The van der Waals surface area contributed by atoms with Gasteiger partial charge in [0.1, 0.15) is 11.5 Å². The Kier molecular flexibility index (Phi) is 5.08. The summed E-state index contributed by atoms with van der Waals surface area (Å²) in [6, 6.07) is 4.03. The number of fused-ring (bicyclic) bond motifs is 1. The van der Waals surface area contributed by atoms with E-state index in [0.717, 1.165) is 55.3 Å². The van der Waals surface area contributed by atoms with Gasteiger partial charge in [0.05, 0.1) is 19.4 Å². The van der Waals surface area contributed by atoms with E-state index in [1.165, 1.54) is 0 Å². The first-order valence-corrected chi connectivity index (χ1v) is 8.97. The highest BCUT2D eigenvalue weighted by molar-refractivity contribution is 5.81. The average molecular weight is 348 g/mol. The van der Waals surface area contributed by atoms with E-state index in [9.17, 15) is 4.79 Å². The van der Waals surface area contributed by atoms with E-state index >= 15 is 0 Å². The Morgan fingerprint density at radius 3 is 2.64 bits per heavy atom. The fourth-order valence-electron chi connectivity index (χ4n) is 3.42. The number of aryl methyl sites for hydroxylation is 1. The summed E-state index contributed by atoms with van der Waals surface area (Å²) < 4.78 is 17.0. The van der Waals surface area contributed by atoms with Gasteiger partial charge >= 0.3 is 5.97 Å². The lowest BCUT2D eigenvalue weighted by Gasteiger charge is -2.39. The molecule has 1 atom stereocenters. The molecule has 1 aromatic rings. The van der Waals surface area contributed by atoms with Gasteiger partial charge in [-0.3, -0.25) is 0 Å². The summed E-state index contributed by atoms with van der Waals surface area (Å²) in [6.45, 7) is 7.86. The van der Waals surface area contributed by atoms with Crippen molar-refractivity contribution >= 4 is 11.7 Å². The molecule has 0 radical (unpaired) electrons. The fourth-order valence-corrected chi connectivity index (χ4v) is 3.42. The standard InChI is InChI=1S/C19H28N2O4/c1-5-24-18(22)19(2)7-6-14-12-15(23-4)13-16(17(14)25-19)21-10-8-20(3)9-11-21/h12-13H,5-11H2,1-4H3. The summed E-state index contributed by atoms with van der Waals surface area (Å²) in [7, 11) is 3.81. The van der Waals surface area contributed by atoms with E-state index in [2.05, 4.69) is 16.8 Å². The van der Waals surface area contributed by atoms with Gasteiger partial charge in [-0.2, -0.15) is 0 Å². The molecule has 0 aromatic heterocycles. The molecule has 1 aromatic carbocycles. The van der Waals surface area contributed by atoms with Crippen LogP contribution in [-0.4, -0.2) is 63.4 Å². The molecule has 25 heavy (non-hydrogen) atoms. The van der Waals surface area contributed by atoms with Crippen LogP contribution in [-0.2, 0) is 16.0 Å². The van der Waals surface area contributed by atoms with Gasteiger partial charge < -0.3 is 24.0 Å². The van der Waals surface area contributed by atoms with E-state index in [-0.39, 0.29) is 5.97 Å². The summed E-state index contributed by atoms with van der Waals surface area (Å²) in [4.78, 5) is 17.0. The second-order valence-corrected chi connectivity index (χ2v) is 6.98. The molecule has 6 nitrogen and oxygen atoms in total. The maximum absolute atomic E-state index is 12.4. The molecule has 0 amide bonds. The largest absolute Gasteiger partial charge is 0.497 e. The van der Waals surface area contributed by atoms with E-state index in [4.69, 9.17) is 14.2 Å². The van der Waals surface area contributed by atoms with Crippen LogP contribution in [0.2, 0.25) is 0 Å². The summed E-state index contributed by atoms with van der Waals surface area (Å²) >= 11 is 0. The van der Waals surface area contributed by atoms with Gasteiger partial charge in [0.2, 0.25) is 5.60 Å². The number of nitrogens with zero attached hydrogens (tertiary/aromatic N) is 2. The number of carbonyl (C=O) groups is 1. The Hall–Kier alpha value is -1.95. The van der Waals surface area contributed by atoms with Crippen molar-refractivity contribution in [1.82, 2.24) is 4.90 Å². The molecule has 0 saturated carbocycles. The number of methoxy groups -OCH3 is 1. The highest BCUT2D eigenvalue weighted by Gasteiger charge is 2.42. The number of rotatable bonds is 4. The SMILES string of the molecule is CCOC(=O)C1(C)CCc2cc(OC)cc(N3CCN(C)CC3)c2O1. The Balaban J connectivity index is 1.95. The molecule has 0 N–H and O–H groups in total. The Labute approximate surface area is 149 Å². The van der Waals surface area contributed by atoms with Crippen molar-refractivity contribution in [3.8, 4) is 11.5 Å². The molecule has 3 rings (SSSR count). The maximum atomic E-state index is 12.4. The van der Waals surface area contributed by atoms with Crippen LogP contribution >= 0.6 is 0 Å². The molecule has 1 fully saturated rings. The smallest absolute Gasteiger partial charge is 0.350 e. The normalized spacial score (nSPS) is 23.6. The Morgan fingerprint density at radius 1 is 1.28 bits per heavy atom. The maximum Gasteiger partial charge on any atom is 0.350 e. The second-order valence-electron chi connectivity index (χ2n) is 6.98. The van der Waals surface area contributed by atoms with Gasteiger partial charge in [-0.1, -0.05) is 0 Å². The van der Waals surface area contributed by atoms with Crippen LogP contribution in [0, 0.1) is 0 Å². The van der Waals surface area contributed by atoms with Crippen molar-refractivity contribution in [2.24, 2.45) is 0 Å². The third kappa shape index (κ3) is 3.54. The first-order valence-electron chi connectivity index (χ1n) is 8.97. The van der Waals surface area contributed by atoms with Crippen molar-refractivity contribution in [3.63, 3.8) is 0 Å². The number of carbonyl (C=O) groups excluding carboxylic acids is 1. The summed E-state index contributed by atoms with van der Waals surface area (Å²) in [5.41, 5.74) is 1.17. The van der Waals surface area contributed by atoms with Crippen molar-refractivity contribution in [1.29, 1.82) is 0 Å². The quantitative estimate of drug-likeness (QED) is 0.777. The van der Waals surface area contributed by atoms with E-state index in [1.54, 1.807) is 7.11 Å². The molecule has 2 aliphatic heterocycles. The summed E-state index contributed by atoms with van der Waals surface area (Å²) in [5.74, 6) is 1.34. The molecule has 0 aliphatic carbocycles. The van der Waals surface area contributed by atoms with Crippen LogP contribution in [0.3, 0.4) is 0 Å². The van der Waals surface area contributed by atoms with Gasteiger partial charge in [0.25, 0.3) is 0 Å². The second kappa shape index (κ2) is 7.12. The lowest BCUT2D eigenvalue weighted by atomic mass is 9.91. The molecule has 1 unspecified atom stereocenters. The molecular weight excluding hydrogens is 320 g/mol. The first-order chi connectivity index (χ1) is 12.0. The van der Waals surface area contributed by atoms with Crippen molar-refractivity contribution in [2.75, 3.05) is 51.8 Å². The van der Waals surface area contributed by atoms with Crippen LogP contribution in [0.4, 0.5) is 5.69 Å². The number of benzene rings is 1. The highest BCUT2D eigenvalue weighted by atomic mass is 16.6. The first kappa shape index (κ1) is 17.9. The van der Waals surface area contributed by atoms with Crippen molar-refractivity contribution in [2.45, 2.75) is 32.3 Å².